The molecule has 2 amide bonds. The fourth-order valence-electron chi connectivity index (χ4n) is 3.98. The predicted octanol–water partition coefficient (Wildman–Crippen LogP) is 5.50. The molecule has 5 rings (SSSR count). The first kappa shape index (κ1) is 21.1. The van der Waals surface area contributed by atoms with E-state index in [1.54, 1.807) is 42.5 Å². The molecule has 3 aromatic carbocycles. The summed E-state index contributed by atoms with van der Waals surface area (Å²) >= 11 is 3.89. The summed E-state index contributed by atoms with van der Waals surface area (Å²) in [5.74, 6) is -0.320. The van der Waals surface area contributed by atoms with Crippen LogP contribution < -0.4 is 0 Å². The SMILES string of the molecule is O=C1c2ccccc2C(=O)N1[C@H]1CCc2ccccc21.O=[N+]([O-])c1ccccc1SS. The molecule has 2 aliphatic rings. The number of imide groups is 1. The van der Waals surface area contributed by atoms with Crippen molar-refractivity contribution in [3.05, 3.63) is 105 Å². The summed E-state index contributed by atoms with van der Waals surface area (Å²) in [6, 6.07) is 21.5. The zero-order chi connectivity index (χ0) is 22.0. The van der Waals surface area contributed by atoms with Crippen molar-refractivity contribution in [2.45, 2.75) is 23.8 Å². The van der Waals surface area contributed by atoms with E-state index in [-0.39, 0.29) is 23.5 Å². The van der Waals surface area contributed by atoms with Gasteiger partial charge in [0.2, 0.25) is 0 Å². The minimum absolute atomic E-state index is 0.104. The fourth-order valence-corrected chi connectivity index (χ4v) is 4.82. The maximum absolute atomic E-state index is 12.5. The molecule has 0 radical (unpaired) electrons. The van der Waals surface area contributed by atoms with E-state index in [1.165, 1.54) is 16.5 Å². The number of carbonyl (C=O) groups is 2. The second-order valence-corrected chi connectivity index (χ2v) is 8.27. The van der Waals surface area contributed by atoms with E-state index in [0.717, 1.165) is 29.2 Å². The van der Waals surface area contributed by atoms with Crippen molar-refractivity contribution in [2.75, 3.05) is 0 Å². The Kier molecular flexibility index (Phi) is 6.11. The molecule has 8 heteroatoms. The van der Waals surface area contributed by atoms with E-state index in [1.807, 2.05) is 18.2 Å². The molecule has 0 saturated carbocycles. The van der Waals surface area contributed by atoms with Gasteiger partial charge < -0.3 is 0 Å². The average molecular weight is 451 g/mol. The van der Waals surface area contributed by atoms with Crippen LogP contribution in [0.2, 0.25) is 0 Å². The summed E-state index contributed by atoms with van der Waals surface area (Å²) in [6.07, 6.45) is 1.75. The van der Waals surface area contributed by atoms with Crippen molar-refractivity contribution in [2.24, 2.45) is 0 Å². The van der Waals surface area contributed by atoms with Crippen LogP contribution in [0.4, 0.5) is 5.69 Å². The van der Waals surface area contributed by atoms with Crippen LogP contribution >= 0.6 is 22.5 Å². The van der Waals surface area contributed by atoms with Crippen LogP contribution in [-0.4, -0.2) is 21.6 Å². The Balaban J connectivity index is 0.000000180. The highest BCUT2D eigenvalue weighted by molar-refractivity contribution is 8.68. The lowest BCUT2D eigenvalue weighted by molar-refractivity contribution is -0.387. The molecule has 0 fully saturated rings. The van der Waals surface area contributed by atoms with Crippen molar-refractivity contribution in [3.8, 4) is 0 Å². The molecule has 0 aromatic heterocycles. The summed E-state index contributed by atoms with van der Waals surface area (Å²) < 4.78 is 0. The van der Waals surface area contributed by atoms with Gasteiger partial charge in [-0.2, -0.15) is 0 Å². The van der Waals surface area contributed by atoms with Crippen molar-refractivity contribution in [3.63, 3.8) is 0 Å². The molecule has 0 N–H and O–H groups in total. The smallest absolute Gasteiger partial charge is 0.269 e. The molecule has 1 heterocycles. The molecule has 1 aliphatic carbocycles. The number of hydrogen-bond donors (Lipinski definition) is 1. The maximum Gasteiger partial charge on any atom is 0.283 e. The normalized spacial score (nSPS) is 16.4. The monoisotopic (exact) mass is 450 g/mol. The van der Waals surface area contributed by atoms with Gasteiger partial charge in [-0.15, -0.1) is 11.7 Å². The Morgan fingerprint density at radius 2 is 1.48 bits per heavy atom. The molecule has 0 unspecified atom stereocenters. The minimum atomic E-state index is -0.418. The average Bonchev–Trinajstić information content (AvgIpc) is 3.33. The molecule has 0 saturated heterocycles. The van der Waals surface area contributed by atoms with E-state index < -0.39 is 4.92 Å². The largest absolute Gasteiger partial charge is 0.283 e. The standard InChI is InChI=1S/C17H13NO2.C6H5NO2S2/c19-16-13-7-3-4-8-14(13)17(20)18(16)15-10-9-11-5-1-2-6-12(11)15;8-7(9)5-3-1-2-4-6(5)11-10/h1-8,15H,9-10H2;1-4,10H/t15-;/m0./s1. The summed E-state index contributed by atoms with van der Waals surface area (Å²) in [5.41, 5.74) is 3.52. The highest BCUT2D eigenvalue weighted by Crippen LogP contribution is 2.39. The van der Waals surface area contributed by atoms with E-state index in [4.69, 9.17) is 0 Å². The Morgan fingerprint density at radius 3 is 2.10 bits per heavy atom. The molecular weight excluding hydrogens is 432 g/mol. The quantitative estimate of drug-likeness (QED) is 0.187. The highest BCUT2D eigenvalue weighted by Gasteiger charge is 2.42. The first-order chi connectivity index (χ1) is 15.0. The van der Waals surface area contributed by atoms with Gasteiger partial charge in [0.05, 0.1) is 27.0 Å². The second-order valence-electron chi connectivity index (χ2n) is 7.10. The van der Waals surface area contributed by atoms with Crippen LogP contribution in [0.25, 0.3) is 0 Å². The van der Waals surface area contributed by atoms with Gasteiger partial charge in [-0.1, -0.05) is 59.3 Å². The first-order valence-electron chi connectivity index (χ1n) is 9.62. The van der Waals surface area contributed by atoms with Crippen LogP contribution in [0.15, 0.2) is 77.7 Å². The second kappa shape index (κ2) is 8.95. The number of para-hydroxylation sites is 1. The Labute approximate surface area is 188 Å². The molecule has 3 aromatic rings. The number of nitrogens with zero attached hydrogens (tertiary/aromatic N) is 2. The number of thiol groups is 1. The number of nitro benzene ring substituents is 1. The van der Waals surface area contributed by atoms with Gasteiger partial charge in [0.15, 0.2) is 0 Å². The molecule has 6 nitrogen and oxygen atoms in total. The van der Waals surface area contributed by atoms with Crippen LogP contribution in [0, 0.1) is 10.1 Å². The minimum Gasteiger partial charge on any atom is -0.269 e. The molecule has 156 valence electrons. The van der Waals surface area contributed by atoms with Gasteiger partial charge >= 0.3 is 0 Å². The molecule has 31 heavy (non-hydrogen) atoms. The fraction of sp³-hybridized carbons (Fsp3) is 0.130. The third-order valence-corrected chi connectivity index (χ3v) is 6.53. The Morgan fingerprint density at radius 1 is 0.903 bits per heavy atom. The lowest BCUT2D eigenvalue weighted by atomic mass is 10.1. The number of rotatable bonds is 3. The topological polar surface area (TPSA) is 80.5 Å². The number of amides is 2. The Bertz CT molecular complexity index is 1150. The number of fused-ring (bicyclic) bond motifs is 2. The van der Waals surface area contributed by atoms with Crippen LogP contribution in [0.1, 0.15) is 44.3 Å². The van der Waals surface area contributed by atoms with Crippen LogP contribution in [0.5, 0.6) is 0 Å². The third kappa shape index (κ3) is 3.96. The number of aryl methyl sites for hydroxylation is 1. The van der Waals surface area contributed by atoms with Crippen molar-refractivity contribution < 1.29 is 14.5 Å². The van der Waals surface area contributed by atoms with Gasteiger partial charge in [0.25, 0.3) is 17.5 Å². The van der Waals surface area contributed by atoms with Gasteiger partial charge in [0.1, 0.15) is 0 Å². The maximum atomic E-state index is 12.5. The summed E-state index contributed by atoms with van der Waals surface area (Å²) in [6.45, 7) is 0. The van der Waals surface area contributed by atoms with Crippen molar-refractivity contribution >= 4 is 40.0 Å². The summed E-state index contributed by atoms with van der Waals surface area (Å²) in [5, 5.41) is 10.3. The first-order valence-corrected chi connectivity index (χ1v) is 11.5. The summed E-state index contributed by atoms with van der Waals surface area (Å²) in [4.78, 5) is 37.0. The molecule has 1 aliphatic heterocycles. The number of nitro groups is 1. The van der Waals surface area contributed by atoms with Gasteiger partial charge in [-0.25, -0.2) is 0 Å². The van der Waals surface area contributed by atoms with Gasteiger partial charge in [-0.05, 0) is 42.2 Å². The van der Waals surface area contributed by atoms with Crippen molar-refractivity contribution in [1.29, 1.82) is 0 Å². The molecule has 0 bridgehead atoms. The number of hydrogen-bond acceptors (Lipinski definition) is 6. The lowest BCUT2D eigenvalue weighted by Gasteiger charge is -2.22. The van der Waals surface area contributed by atoms with Gasteiger partial charge in [0, 0.05) is 6.07 Å². The van der Waals surface area contributed by atoms with Gasteiger partial charge in [-0.3, -0.25) is 24.6 Å². The van der Waals surface area contributed by atoms with E-state index >= 15 is 0 Å². The molecule has 0 spiro atoms. The molecular formula is C23H18N2O4S2. The van der Waals surface area contributed by atoms with Crippen LogP contribution in [-0.2, 0) is 6.42 Å². The van der Waals surface area contributed by atoms with Crippen molar-refractivity contribution in [1.82, 2.24) is 4.90 Å². The number of benzene rings is 3. The van der Waals surface area contributed by atoms with Crippen LogP contribution in [0.3, 0.4) is 0 Å². The highest BCUT2D eigenvalue weighted by atomic mass is 33.1. The molecule has 1 atom stereocenters. The lowest BCUT2D eigenvalue weighted by Crippen LogP contribution is -2.33. The Hall–Kier alpha value is -3.10. The third-order valence-electron chi connectivity index (χ3n) is 5.40. The predicted molar refractivity (Wildman–Crippen MR) is 122 cm³/mol. The number of carbonyl (C=O) groups excluding carboxylic acids is 2. The van der Waals surface area contributed by atoms with E-state index in [9.17, 15) is 19.7 Å². The van der Waals surface area contributed by atoms with E-state index in [2.05, 4.69) is 17.7 Å². The summed E-state index contributed by atoms with van der Waals surface area (Å²) in [7, 11) is 1.08. The van der Waals surface area contributed by atoms with E-state index in [0.29, 0.717) is 16.0 Å². The zero-order valence-corrected chi connectivity index (χ0v) is 18.0. The zero-order valence-electron chi connectivity index (χ0n) is 16.3.